The van der Waals surface area contributed by atoms with Gasteiger partial charge in [-0.2, -0.15) is 0 Å². The Hall–Kier alpha value is -1.84. The van der Waals surface area contributed by atoms with Crippen LogP contribution in [-0.4, -0.2) is 46.8 Å². The van der Waals surface area contributed by atoms with Gasteiger partial charge in [-0.05, 0) is 32.6 Å². The van der Waals surface area contributed by atoms with Crippen LogP contribution in [0.1, 0.15) is 45.4 Å². The van der Waals surface area contributed by atoms with Crippen molar-refractivity contribution >= 4 is 11.8 Å². The van der Waals surface area contributed by atoms with Gasteiger partial charge in [0.1, 0.15) is 0 Å². The first kappa shape index (κ1) is 17.5. The van der Waals surface area contributed by atoms with Gasteiger partial charge in [-0.1, -0.05) is 23.8 Å². The fourth-order valence-corrected chi connectivity index (χ4v) is 3.65. The lowest BCUT2D eigenvalue weighted by Crippen LogP contribution is -2.49. The zero-order valence-corrected chi connectivity index (χ0v) is 14.2. The van der Waals surface area contributed by atoms with E-state index in [9.17, 15) is 9.59 Å². The molecule has 2 heterocycles. The van der Waals surface area contributed by atoms with Crippen molar-refractivity contribution in [3.63, 3.8) is 0 Å². The Kier molecular flexibility index (Phi) is 6.20. The first-order chi connectivity index (χ1) is 11.1. The highest BCUT2D eigenvalue weighted by molar-refractivity contribution is 5.81. The number of hydrogen-bond acceptors (Lipinski definition) is 2. The summed E-state index contributed by atoms with van der Waals surface area (Å²) in [5, 5.41) is 0. The van der Waals surface area contributed by atoms with Gasteiger partial charge in [0.25, 0.3) is 0 Å². The molecule has 4 heteroatoms. The van der Waals surface area contributed by atoms with Gasteiger partial charge in [-0.3, -0.25) is 9.59 Å². The molecule has 0 radical (unpaired) electrons. The lowest BCUT2D eigenvalue weighted by Gasteiger charge is -2.40. The van der Waals surface area contributed by atoms with E-state index < -0.39 is 0 Å². The molecule has 2 amide bonds. The molecule has 126 valence electrons. The maximum absolute atomic E-state index is 12.8. The van der Waals surface area contributed by atoms with E-state index in [1.807, 2.05) is 22.0 Å². The predicted molar refractivity (Wildman–Crippen MR) is 92.9 cm³/mol. The largest absolute Gasteiger partial charge is 0.342 e. The molecule has 0 aromatic carbocycles. The standard InChI is InChI=1S/C19H28N2O2/c1-4-7-16-13-15(3)14-17(8-5-2)21(16)19(23)10-12-20-11-6-9-18(20)22/h4-5,13,16-17H,1-2,6-12,14H2,3H3/t16-,17-/m0/s1. The van der Waals surface area contributed by atoms with Crippen LogP contribution >= 0.6 is 0 Å². The molecule has 0 aromatic heterocycles. The molecule has 0 spiro atoms. The molecule has 0 unspecified atom stereocenters. The van der Waals surface area contributed by atoms with Gasteiger partial charge in [0.05, 0.1) is 6.04 Å². The summed E-state index contributed by atoms with van der Waals surface area (Å²) >= 11 is 0. The Morgan fingerprint density at radius 2 is 2.09 bits per heavy atom. The van der Waals surface area contributed by atoms with Crippen molar-refractivity contribution in [1.29, 1.82) is 0 Å². The maximum atomic E-state index is 12.8. The molecule has 0 aliphatic carbocycles. The van der Waals surface area contributed by atoms with Crippen LogP contribution in [0.2, 0.25) is 0 Å². The van der Waals surface area contributed by atoms with Gasteiger partial charge in [-0.15, -0.1) is 13.2 Å². The van der Waals surface area contributed by atoms with Crippen LogP contribution in [0.15, 0.2) is 37.0 Å². The second-order valence-corrected chi connectivity index (χ2v) is 6.52. The molecular formula is C19H28N2O2. The highest BCUT2D eigenvalue weighted by Crippen LogP contribution is 2.27. The molecule has 2 aliphatic heterocycles. The van der Waals surface area contributed by atoms with E-state index in [-0.39, 0.29) is 23.9 Å². The molecule has 2 rings (SSSR count). The molecule has 2 aliphatic rings. The minimum absolute atomic E-state index is 0.0768. The SMILES string of the molecule is C=CC[C@H]1CC(C)=C[C@H](CC=C)N1C(=O)CCN1CCCC1=O. The quantitative estimate of drug-likeness (QED) is 0.677. The van der Waals surface area contributed by atoms with Crippen molar-refractivity contribution in [3.8, 4) is 0 Å². The zero-order chi connectivity index (χ0) is 16.8. The Morgan fingerprint density at radius 1 is 1.35 bits per heavy atom. The van der Waals surface area contributed by atoms with E-state index in [4.69, 9.17) is 0 Å². The summed E-state index contributed by atoms with van der Waals surface area (Å²) < 4.78 is 0. The van der Waals surface area contributed by atoms with Crippen molar-refractivity contribution in [2.75, 3.05) is 13.1 Å². The third-order valence-electron chi connectivity index (χ3n) is 4.69. The van der Waals surface area contributed by atoms with Crippen LogP contribution in [-0.2, 0) is 9.59 Å². The number of carbonyl (C=O) groups is 2. The van der Waals surface area contributed by atoms with Crippen LogP contribution in [0.3, 0.4) is 0 Å². The molecule has 1 saturated heterocycles. The topological polar surface area (TPSA) is 40.6 Å². The highest BCUT2D eigenvalue weighted by Gasteiger charge is 2.32. The van der Waals surface area contributed by atoms with Gasteiger partial charge in [0.15, 0.2) is 0 Å². The second kappa shape index (κ2) is 8.14. The summed E-state index contributed by atoms with van der Waals surface area (Å²) in [7, 11) is 0. The van der Waals surface area contributed by atoms with Gasteiger partial charge >= 0.3 is 0 Å². The van der Waals surface area contributed by atoms with E-state index in [0.717, 1.165) is 32.2 Å². The summed E-state index contributed by atoms with van der Waals surface area (Å²) in [4.78, 5) is 28.3. The smallest absolute Gasteiger partial charge is 0.225 e. The number of rotatable bonds is 7. The highest BCUT2D eigenvalue weighted by atomic mass is 16.2. The van der Waals surface area contributed by atoms with E-state index >= 15 is 0 Å². The summed E-state index contributed by atoms with van der Waals surface area (Å²) in [6, 6.07) is 0.247. The van der Waals surface area contributed by atoms with Crippen LogP contribution in [0.4, 0.5) is 0 Å². The van der Waals surface area contributed by atoms with Gasteiger partial charge in [0, 0.05) is 32.0 Å². The molecule has 0 bridgehead atoms. The number of carbonyl (C=O) groups excluding carboxylic acids is 2. The average molecular weight is 316 g/mol. The maximum Gasteiger partial charge on any atom is 0.225 e. The number of likely N-dealkylation sites (tertiary alicyclic amines) is 1. The molecule has 1 fully saturated rings. The number of amides is 2. The van der Waals surface area contributed by atoms with E-state index in [1.54, 1.807) is 0 Å². The van der Waals surface area contributed by atoms with E-state index in [0.29, 0.717) is 19.4 Å². The lowest BCUT2D eigenvalue weighted by atomic mass is 9.92. The van der Waals surface area contributed by atoms with E-state index in [1.165, 1.54) is 5.57 Å². The van der Waals surface area contributed by atoms with Crippen molar-refractivity contribution in [3.05, 3.63) is 37.0 Å². The van der Waals surface area contributed by atoms with Crippen molar-refractivity contribution in [2.45, 2.75) is 57.5 Å². The third kappa shape index (κ3) is 4.34. The van der Waals surface area contributed by atoms with Crippen molar-refractivity contribution in [2.24, 2.45) is 0 Å². The average Bonchev–Trinajstić information content (AvgIpc) is 2.90. The minimum Gasteiger partial charge on any atom is -0.342 e. The Bertz CT molecular complexity index is 509. The van der Waals surface area contributed by atoms with Gasteiger partial charge < -0.3 is 9.80 Å². The van der Waals surface area contributed by atoms with Gasteiger partial charge in [-0.25, -0.2) is 0 Å². The van der Waals surface area contributed by atoms with Crippen LogP contribution in [0.25, 0.3) is 0 Å². The molecule has 0 aromatic rings. The van der Waals surface area contributed by atoms with Crippen LogP contribution in [0, 0.1) is 0 Å². The second-order valence-electron chi connectivity index (χ2n) is 6.52. The summed E-state index contributed by atoms with van der Waals surface area (Å²) in [6.45, 7) is 11.1. The lowest BCUT2D eigenvalue weighted by molar-refractivity contribution is -0.136. The van der Waals surface area contributed by atoms with E-state index in [2.05, 4.69) is 26.2 Å². The fourth-order valence-electron chi connectivity index (χ4n) is 3.65. The summed E-state index contributed by atoms with van der Waals surface area (Å²) in [5.74, 6) is 0.310. The van der Waals surface area contributed by atoms with Gasteiger partial charge in [0.2, 0.25) is 11.8 Å². The Balaban J connectivity index is 2.06. The Labute approximate surface area is 139 Å². The number of nitrogens with zero attached hydrogens (tertiary/aromatic N) is 2. The predicted octanol–water partition coefficient (Wildman–Crippen LogP) is 3.07. The zero-order valence-electron chi connectivity index (χ0n) is 14.2. The first-order valence-electron chi connectivity index (χ1n) is 8.54. The molecule has 4 nitrogen and oxygen atoms in total. The normalized spacial score (nSPS) is 24.6. The summed E-state index contributed by atoms with van der Waals surface area (Å²) in [6.07, 6.45) is 10.3. The first-order valence-corrected chi connectivity index (χ1v) is 8.54. The number of hydrogen-bond donors (Lipinski definition) is 0. The summed E-state index contributed by atoms with van der Waals surface area (Å²) in [5.41, 5.74) is 1.32. The van der Waals surface area contributed by atoms with Crippen molar-refractivity contribution < 1.29 is 9.59 Å². The Morgan fingerprint density at radius 3 is 2.70 bits per heavy atom. The molecular weight excluding hydrogens is 288 g/mol. The monoisotopic (exact) mass is 316 g/mol. The third-order valence-corrected chi connectivity index (χ3v) is 4.69. The molecule has 23 heavy (non-hydrogen) atoms. The molecule has 0 saturated carbocycles. The van der Waals surface area contributed by atoms with Crippen LogP contribution < -0.4 is 0 Å². The minimum atomic E-state index is 0.0768. The fraction of sp³-hybridized carbons (Fsp3) is 0.579. The van der Waals surface area contributed by atoms with Crippen LogP contribution in [0.5, 0.6) is 0 Å². The molecule has 0 N–H and O–H groups in total. The molecule has 2 atom stereocenters. The van der Waals surface area contributed by atoms with Crippen molar-refractivity contribution in [1.82, 2.24) is 9.80 Å².